The van der Waals surface area contributed by atoms with Gasteiger partial charge in [0.25, 0.3) is 0 Å². The first-order valence-corrected chi connectivity index (χ1v) is 5.53. The standard InChI is InChI=1S/C11H10BrN3O/c1-7-10(6-13-11(16)14-7)15-9-5-3-2-4-8(9)12/h2-6,15H,1H3,(H,13,14,16). The summed E-state index contributed by atoms with van der Waals surface area (Å²) in [7, 11) is 0. The van der Waals surface area contributed by atoms with Gasteiger partial charge in [-0.15, -0.1) is 0 Å². The van der Waals surface area contributed by atoms with Gasteiger partial charge in [-0.2, -0.15) is 4.98 Å². The van der Waals surface area contributed by atoms with E-state index in [1.165, 1.54) is 6.20 Å². The van der Waals surface area contributed by atoms with Crippen LogP contribution in [0.5, 0.6) is 0 Å². The highest BCUT2D eigenvalue weighted by atomic mass is 79.9. The Morgan fingerprint density at radius 1 is 1.31 bits per heavy atom. The van der Waals surface area contributed by atoms with Crippen molar-refractivity contribution in [2.75, 3.05) is 5.32 Å². The van der Waals surface area contributed by atoms with Crippen molar-refractivity contribution in [2.24, 2.45) is 0 Å². The van der Waals surface area contributed by atoms with E-state index < -0.39 is 0 Å². The minimum atomic E-state index is -0.338. The topological polar surface area (TPSA) is 57.8 Å². The zero-order chi connectivity index (χ0) is 11.5. The number of nitrogens with one attached hydrogen (secondary N) is 2. The van der Waals surface area contributed by atoms with Gasteiger partial charge >= 0.3 is 5.69 Å². The van der Waals surface area contributed by atoms with E-state index in [1.54, 1.807) is 0 Å². The van der Waals surface area contributed by atoms with Crippen molar-refractivity contribution in [3.63, 3.8) is 0 Å². The first-order valence-electron chi connectivity index (χ1n) is 4.74. The molecule has 4 nitrogen and oxygen atoms in total. The summed E-state index contributed by atoms with van der Waals surface area (Å²) in [5.41, 5.74) is 2.14. The molecule has 16 heavy (non-hydrogen) atoms. The lowest BCUT2D eigenvalue weighted by atomic mass is 10.3. The van der Waals surface area contributed by atoms with Crippen LogP contribution in [0, 0.1) is 6.92 Å². The van der Waals surface area contributed by atoms with Gasteiger partial charge in [0, 0.05) is 10.2 Å². The number of aromatic nitrogens is 2. The van der Waals surface area contributed by atoms with E-state index in [-0.39, 0.29) is 5.69 Å². The summed E-state index contributed by atoms with van der Waals surface area (Å²) in [5, 5.41) is 3.19. The van der Waals surface area contributed by atoms with Gasteiger partial charge in [-0.05, 0) is 35.0 Å². The largest absolute Gasteiger partial charge is 0.352 e. The molecule has 2 rings (SSSR count). The van der Waals surface area contributed by atoms with Crippen LogP contribution < -0.4 is 11.0 Å². The SMILES string of the molecule is Cc1[nH]c(=O)ncc1Nc1ccccc1Br. The number of para-hydroxylation sites is 1. The van der Waals surface area contributed by atoms with Gasteiger partial charge in [0.15, 0.2) is 0 Å². The second-order valence-electron chi connectivity index (χ2n) is 3.33. The minimum Gasteiger partial charge on any atom is -0.352 e. The predicted octanol–water partition coefficient (Wildman–Crippen LogP) is 2.58. The zero-order valence-electron chi connectivity index (χ0n) is 8.62. The molecule has 0 spiro atoms. The molecule has 0 saturated heterocycles. The first kappa shape index (κ1) is 10.9. The van der Waals surface area contributed by atoms with Crippen LogP contribution in [0.3, 0.4) is 0 Å². The van der Waals surface area contributed by atoms with Crippen LogP contribution in [0.4, 0.5) is 11.4 Å². The smallest absolute Gasteiger partial charge is 0.345 e. The van der Waals surface area contributed by atoms with Crippen molar-refractivity contribution in [1.29, 1.82) is 0 Å². The molecule has 0 fully saturated rings. The van der Waals surface area contributed by atoms with Crippen molar-refractivity contribution >= 4 is 27.3 Å². The van der Waals surface area contributed by atoms with Gasteiger partial charge in [0.1, 0.15) is 0 Å². The number of anilines is 2. The molecule has 0 atom stereocenters. The Hall–Kier alpha value is -1.62. The molecular formula is C11H10BrN3O. The Bertz CT molecular complexity index is 565. The number of nitrogens with zero attached hydrogens (tertiary/aromatic N) is 1. The Balaban J connectivity index is 2.34. The number of aromatic amines is 1. The second kappa shape index (κ2) is 4.49. The number of benzene rings is 1. The summed E-state index contributed by atoms with van der Waals surface area (Å²) < 4.78 is 0.959. The Morgan fingerprint density at radius 3 is 2.75 bits per heavy atom. The number of hydrogen-bond acceptors (Lipinski definition) is 3. The summed E-state index contributed by atoms with van der Waals surface area (Å²) in [6, 6.07) is 7.75. The molecule has 82 valence electrons. The molecular weight excluding hydrogens is 270 g/mol. The van der Waals surface area contributed by atoms with Crippen LogP contribution in [0.15, 0.2) is 39.7 Å². The van der Waals surface area contributed by atoms with Gasteiger partial charge in [-0.25, -0.2) is 4.79 Å². The quantitative estimate of drug-likeness (QED) is 0.889. The van der Waals surface area contributed by atoms with Crippen LogP contribution in [0.25, 0.3) is 0 Å². The second-order valence-corrected chi connectivity index (χ2v) is 4.19. The molecule has 0 bridgehead atoms. The zero-order valence-corrected chi connectivity index (χ0v) is 10.2. The van der Waals surface area contributed by atoms with E-state index in [1.807, 2.05) is 31.2 Å². The Labute approximate surface area is 101 Å². The van der Waals surface area contributed by atoms with E-state index in [0.717, 1.165) is 21.5 Å². The molecule has 0 amide bonds. The predicted molar refractivity (Wildman–Crippen MR) is 67.0 cm³/mol. The first-order chi connectivity index (χ1) is 7.66. The lowest BCUT2D eigenvalue weighted by Gasteiger charge is -2.09. The molecule has 2 aromatic rings. The van der Waals surface area contributed by atoms with Crippen LogP contribution in [-0.2, 0) is 0 Å². The van der Waals surface area contributed by atoms with Gasteiger partial charge in [0.05, 0.1) is 17.6 Å². The van der Waals surface area contributed by atoms with E-state index >= 15 is 0 Å². The summed E-state index contributed by atoms with van der Waals surface area (Å²) >= 11 is 3.44. The molecule has 1 aromatic carbocycles. The maximum absolute atomic E-state index is 11.0. The molecule has 0 aliphatic heterocycles. The molecule has 0 aliphatic carbocycles. The number of aryl methyl sites for hydroxylation is 1. The number of hydrogen-bond donors (Lipinski definition) is 2. The van der Waals surface area contributed by atoms with E-state index in [2.05, 4.69) is 31.2 Å². The third-order valence-corrected chi connectivity index (χ3v) is 2.84. The molecule has 0 saturated carbocycles. The third kappa shape index (κ3) is 2.30. The lowest BCUT2D eigenvalue weighted by molar-refractivity contribution is 1.03. The van der Waals surface area contributed by atoms with Crippen LogP contribution >= 0.6 is 15.9 Å². The van der Waals surface area contributed by atoms with Crippen LogP contribution in [0.2, 0.25) is 0 Å². The maximum atomic E-state index is 11.0. The third-order valence-electron chi connectivity index (χ3n) is 2.15. The number of halogens is 1. The van der Waals surface area contributed by atoms with E-state index in [0.29, 0.717) is 0 Å². The normalized spacial score (nSPS) is 10.1. The van der Waals surface area contributed by atoms with Gasteiger partial charge in [0.2, 0.25) is 0 Å². The molecule has 5 heteroatoms. The van der Waals surface area contributed by atoms with Crippen LogP contribution in [0.1, 0.15) is 5.69 Å². The average molecular weight is 280 g/mol. The summed E-state index contributed by atoms with van der Waals surface area (Å²) in [5.74, 6) is 0. The highest BCUT2D eigenvalue weighted by molar-refractivity contribution is 9.10. The fourth-order valence-corrected chi connectivity index (χ4v) is 1.70. The van der Waals surface area contributed by atoms with E-state index in [4.69, 9.17) is 0 Å². The Kier molecular flexibility index (Phi) is 3.05. The summed E-state index contributed by atoms with van der Waals surface area (Å²) in [6.07, 6.45) is 1.52. The van der Waals surface area contributed by atoms with E-state index in [9.17, 15) is 4.79 Å². The van der Waals surface area contributed by atoms with Gasteiger partial charge in [-0.1, -0.05) is 12.1 Å². The van der Waals surface area contributed by atoms with Gasteiger partial charge < -0.3 is 10.3 Å². The van der Waals surface area contributed by atoms with Crippen molar-refractivity contribution in [3.8, 4) is 0 Å². The fourth-order valence-electron chi connectivity index (χ4n) is 1.31. The van der Waals surface area contributed by atoms with Crippen molar-refractivity contribution in [1.82, 2.24) is 9.97 Å². The van der Waals surface area contributed by atoms with Crippen molar-refractivity contribution < 1.29 is 0 Å². The molecule has 0 unspecified atom stereocenters. The molecule has 1 aromatic heterocycles. The monoisotopic (exact) mass is 279 g/mol. The highest BCUT2D eigenvalue weighted by Crippen LogP contribution is 2.25. The van der Waals surface area contributed by atoms with Crippen LogP contribution in [-0.4, -0.2) is 9.97 Å². The highest BCUT2D eigenvalue weighted by Gasteiger charge is 2.02. The lowest BCUT2D eigenvalue weighted by Crippen LogP contribution is -2.12. The van der Waals surface area contributed by atoms with Gasteiger partial charge in [-0.3, -0.25) is 0 Å². The fraction of sp³-hybridized carbons (Fsp3) is 0.0909. The van der Waals surface area contributed by atoms with Crippen molar-refractivity contribution in [3.05, 3.63) is 51.1 Å². The number of H-pyrrole nitrogens is 1. The molecule has 2 N–H and O–H groups in total. The minimum absolute atomic E-state index is 0.338. The average Bonchev–Trinajstić information content (AvgIpc) is 2.25. The summed E-state index contributed by atoms with van der Waals surface area (Å²) in [4.78, 5) is 17.3. The Morgan fingerprint density at radius 2 is 2.06 bits per heavy atom. The van der Waals surface area contributed by atoms with Crippen molar-refractivity contribution in [2.45, 2.75) is 6.92 Å². The number of rotatable bonds is 2. The maximum Gasteiger partial charge on any atom is 0.345 e. The molecule has 1 heterocycles. The molecule has 0 radical (unpaired) electrons. The summed E-state index contributed by atoms with van der Waals surface area (Å²) in [6.45, 7) is 1.82. The molecule has 0 aliphatic rings.